The van der Waals surface area contributed by atoms with Gasteiger partial charge in [0.2, 0.25) is 5.91 Å². The number of amides is 2. The second kappa shape index (κ2) is 11.1. The molecule has 1 unspecified atom stereocenters. The lowest BCUT2D eigenvalue weighted by atomic mass is 10.0. The summed E-state index contributed by atoms with van der Waals surface area (Å²) in [6, 6.07) is 9.80. The van der Waals surface area contributed by atoms with Crippen LogP contribution in [0.2, 0.25) is 0 Å². The van der Waals surface area contributed by atoms with Gasteiger partial charge in [-0.05, 0) is 36.2 Å². The molecule has 0 saturated heterocycles. The largest absolute Gasteiger partial charge is 0.548 e. The van der Waals surface area contributed by atoms with Gasteiger partial charge in [-0.25, -0.2) is 8.42 Å². The van der Waals surface area contributed by atoms with Crippen LogP contribution in [0.3, 0.4) is 0 Å². The Labute approximate surface area is 194 Å². The van der Waals surface area contributed by atoms with Crippen LogP contribution in [0, 0.1) is 0 Å². The van der Waals surface area contributed by atoms with E-state index in [0.29, 0.717) is 25.0 Å². The fourth-order valence-corrected chi connectivity index (χ4v) is 3.88. The summed E-state index contributed by atoms with van der Waals surface area (Å²) in [6.45, 7) is 1.04. The fourth-order valence-electron chi connectivity index (χ4n) is 3.11. The Morgan fingerprint density at radius 1 is 1.03 bits per heavy atom. The number of carboxylic acids is 1. The average molecular weight is 499 g/mol. The van der Waals surface area contributed by atoms with E-state index in [9.17, 15) is 41.1 Å². The van der Waals surface area contributed by atoms with Crippen molar-refractivity contribution in [3.8, 4) is 0 Å². The molecule has 0 fully saturated rings. The van der Waals surface area contributed by atoms with Crippen LogP contribution in [0.4, 0.5) is 13.2 Å². The molecule has 0 spiro atoms. The number of carboxylic acid groups (broad SMARTS) is 1. The van der Waals surface area contributed by atoms with Crippen molar-refractivity contribution in [3.05, 3.63) is 65.7 Å². The maximum Gasteiger partial charge on any atom is 0.501 e. The summed E-state index contributed by atoms with van der Waals surface area (Å²) < 4.78 is 62.0. The molecule has 0 aliphatic carbocycles. The molecule has 0 bridgehead atoms. The van der Waals surface area contributed by atoms with Crippen LogP contribution in [0.15, 0.2) is 59.5 Å². The van der Waals surface area contributed by atoms with E-state index < -0.39 is 50.6 Å². The highest BCUT2D eigenvalue weighted by atomic mass is 32.2. The quantitative estimate of drug-likeness (QED) is 0.532. The topological polar surface area (TPSA) is 124 Å². The number of unbranched alkanes of at least 4 members (excludes halogenated alkanes) is 1. The molecule has 2 amide bonds. The predicted octanol–water partition coefficient (Wildman–Crippen LogP) is 1.83. The zero-order valence-electron chi connectivity index (χ0n) is 18.0. The van der Waals surface area contributed by atoms with Crippen molar-refractivity contribution in [3.63, 3.8) is 0 Å². The van der Waals surface area contributed by atoms with Crippen molar-refractivity contribution in [1.29, 1.82) is 0 Å². The molecule has 34 heavy (non-hydrogen) atoms. The number of hydrogen-bond donors (Lipinski definition) is 1. The van der Waals surface area contributed by atoms with Gasteiger partial charge >= 0.3 is 5.51 Å². The normalized spacial score (nSPS) is 12.6. The van der Waals surface area contributed by atoms with E-state index in [0.717, 1.165) is 17.0 Å². The Morgan fingerprint density at radius 3 is 2.12 bits per heavy atom. The smallest absolute Gasteiger partial charge is 0.501 e. The zero-order valence-corrected chi connectivity index (χ0v) is 18.9. The summed E-state index contributed by atoms with van der Waals surface area (Å²) in [5, 5.41) is 12.9. The first-order chi connectivity index (χ1) is 15.9. The number of aliphatic carboxylic acids is 1. The minimum atomic E-state index is -5.62. The highest BCUT2D eigenvalue weighted by Crippen LogP contribution is 2.32. The Hall–Kier alpha value is -3.41. The molecule has 184 valence electrons. The molecule has 8 nitrogen and oxygen atoms in total. The summed E-state index contributed by atoms with van der Waals surface area (Å²) in [6.07, 6.45) is 1.10. The Bertz CT molecular complexity index is 1120. The van der Waals surface area contributed by atoms with Gasteiger partial charge in [0, 0.05) is 12.1 Å². The molecule has 12 heteroatoms. The number of benzene rings is 2. The number of nitrogens with one attached hydrogen (secondary N) is 1. The molecule has 1 atom stereocenters. The third kappa shape index (κ3) is 6.34. The van der Waals surface area contributed by atoms with Crippen LogP contribution in [0.1, 0.15) is 41.7 Å². The second-order valence-corrected chi connectivity index (χ2v) is 9.17. The first-order valence-electron chi connectivity index (χ1n) is 10.1. The molecule has 0 aliphatic rings. The fraction of sp³-hybridized carbons (Fsp3) is 0.318. The molecule has 0 heterocycles. The zero-order chi connectivity index (χ0) is 25.5. The van der Waals surface area contributed by atoms with Crippen molar-refractivity contribution < 1.29 is 41.1 Å². The number of carbonyl (C=O) groups excluding carboxylic acids is 3. The Kier molecular flexibility index (Phi) is 8.80. The SMILES string of the molecule is CCCCN(C(=O)c1ccccc1)C(C(=O)NCC(=O)[O-])c1ccc(S(=O)(=O)C(F)(F)F)cc1. The molecule has 2 aromatic rings. The molecule has 2 aromatic carbocycles. The lowest BCUT2D eigenvalue weighted by molar-refractivity contribution is -0.304. The molecule has 1 N–H and O–H groups in total. The molecule has 0 aromatic heterocycles. The minimum absolute atomic E-state index is 0.00245. The highest BCUT2D eigenvalue weighted by Gasteiger charge is 2.47. The molecule has 0 aliphatic heterocycles. The van der Waals surface area contributed by atoms with Gasteiger partial charge < -0.3 is 20.1 Å². The molecule has 0 saturated carbocycles. The second-order valence-electron chi connectivity index (χ2n) is 7.23. The van der Waals surface area contributed by atoms with Gasteiger partial charge in [-0.2, -0.15) is 13.2 Å². The number of nitrogens with zero attached hydrogens (tertiary/aromatic N) is 1. The first-order valence-corrected chi connectivity index (χ1v) is 11.6. The molecule has 2 rings (SSSR count). The minimum Gasteiger partial charge on any atom is -0.548 e. The third-order valence-corrected chi connectivity index (χ3v) is 6.31. The van der Waals surface area contributed by atoms with E-state index in [2.05, 4.69) is 5.32 Å². The predicted molar refractivity (Wildman–Crippen MR) is 113 cm³/mol. The van der Waals surface area contributed by atoms with Crippen molar-refractivity contribution >= 4 is 27.6 Å². The van der Waals surface area contributed by atoms with Gasteiger partial charge in [-0.1, -0.05) is 43.7 Å². The Morgan fingerprint density at radius 2 is 1.62 bits per heavy atom. The lowest BCUT2D eigenvalue weighted by Crippen LogP contribution is -2.47. The van der Waals surface area contributed by atoms with Gasteiger partial charge in [-0.3, -0.25) is 9.59 Å². The number of hydrogen-bond acceptors (Lipinski definition) is 6. The van der Waals surface area contributed by atoms with Crippen LogP contribution in [-0.2, 0) is 19.4 Å². The van der Waals surface area contributed by atoms with Crippen molar-refractivity contribution in [2.75, 3.05) is 13.1 Å². The molecular weight excluding hydrogens is 477 g/mol. The summed E-state index contributed by atoms with van der Waals surface area (Å²) in [4.78, 5) is 37.1. The summed E-state index contributed by atoms with van der Waals surface area (Å²) in [7, 11) is -5.62. The number of rotatable bonds is 10. The third-order valence-electron chi connectivity index (χ3n) is 4.81. The van der Waals surface area contributed by atoms with Crippen molar-refractivity contribution in [2.45, 2.75) is 36.2 Å². The maximum atomic E-state index is 13.2. The number of carbonyl (C=O) groups is 3. The van der Waals surface area contributed by atoms with Crippen molar-refractivity contribution in [2.24, 2.45) is 0 Å². The summed E-state index contributed by atoms with van der Waals surface area (Å²) in [5.74, 6) is -3.08. The number of halogens is 3. The highest BCUT2D eigenvalue weighted by molar-refractivity contribution is 7.92. The van der Waals surface area contributed by atoms with Gasteiger partial charge in [0.05, 0.1) is 17.4 Å². The standard InChI is InChI=1S/C22H23F3N2O6S/c1-2-3-13-27(21(31)16-7-5-4-6-8-16)19(20(30)26-14-18(28)29)15-9-11-17(12-10-15)34(32,33)22(23,24)25/h4-12,19H,2-3,13-14H2,1H3,(H,26,30)(H,28,29)/p-1. The van der Waals surface area contributed by atoms with E-state index in [4.69, 9.17) is 0 Å². The first kappa shape index (κ1) is 26.8. The van der Waals surface area contributed by atoms with Gasteiger partial charge in [0.15, 0.2) is 0 Å². The van der Waals surface area contributed by atoms with Crippen molar-refractivity contribution in [1.82, 2.24) is 10.2 Å². The van der Waals surface area contributed by atoms with Gasteiger partial charge in [0.25, 0.3) is 15.7 Å². The summed E-state index contributed by atoms with van der Waals surface area (Å²) in [5.41, 5.74) is -5.29. The number of sulfone groups is 1. The van der Waals surface area contributed by atoms with Crippen LogP contribution < -0.4 is 10.4 Å². The van der Waals surface area contributed by atoms with E-state index in [1.165, 1.54) is 12.1 Å². The van der Waals surface area contributed by atoms with Crippen LogP contribution in [0.25, 0.3) is 0 Å². The Balaban J connectivity index is 2.55. The molecular formula is C22H22F3N2O6S-. The van der Waals surface area contributed by atoms with E-state index in [1.807, 2.05) is 6.92 Å². The lowest BCUT2D eigenvalue weighted by Gasteiger charge is -2.31. The average Bonchev–Trinajstić information content (AvgIpc) is 2.79. The summed E-state index contributed by atoms with van der Waals surface area (Å²) >= 11 is 0. The van der Waals surface area contributed by atoms with E-state index in [1.54, 1.807) is 18.2 Å². The van der Waals surface area contributed by atoms with Crippen LogP contribution in [-0.4, -0.2) is 49.7 Å². The van der Waals surface area contributed by atoms with Crippen LogP contribution >= 0.6 is 0 Å². The van der Waals surface area contributed by atoms with E-state index in [-0.39, 0.29) is 17.7 Å². The van der Waals surface area contributed by atoms with E-state index >= 15 is 0 Å². The number of alkyl halides is 3. The monoisotopic (exact) mass is 499 g/mol. The van der Waals surface area contributed by atoms with Gasteiger partial charge in [0.1, 0.15) is 6.04 Å². The van der Waals surface area contributed by atoms with Gasteiger partial charge in [-0.15, -0.1) is 0 Å². The maximum absolute atomic E-state index is 13.2. The van der Waals surface area contributed by atoms with Crippen LogP contribution in [0.5, 0.6) is 0 Å². The molecule has 0 radical (unpaired) electrons.